The van der Waals surface area contributed by atoms with Gasteiger partial charge in [0.1, 0.15) is 17.7 Å². The number of furan rings is 1. The fourth-order valence-electron chi connectivity index (χ4n) is 5.62. The number of ketones is 1. The van der Waals surface area contributed by atoms with E-state index in [1.807, 2.05) is 59.7 Å². The molecule has 0 aliphatic heterocycles. The molecule has 4 aromatic carbocycles. The topological polar surface area (TPSA) is 76.2 Å². The minimum atomic E-state index is -0.337. The monoisotopic (exact) mass is 792 g/mol. The summed E-state index contributed by atoms with van der Waals surface area (Å²) in [6.07, 6.45) is 6.32. The zero-order valence-electron chi connectivity index (χ0n) is 27.8. The second-order valence-corrected chi connectivity index (χ2v) is 12.6. The van der Waals surface area contributed by atoms with E-state index in [0.717, 1.165) is 64.1 Å². The molecule has 6 rings (SSSR count). The van der Waals surface area contributed by atoms with Crippen LogP contribution in [0.5, 0.6) is 0 Å². The van der Waals surface area contributed by atoms with E-state index in [-0.39, 0.29) is 42.5 Å². The van der Waals surface area contributed by atoms with Gasteiger partial charge in [0, 0.05) is 53.5 Å². The summed E-state index contributed by atoms with van der Waals surface area (Å²) in [6, 6.07) is 26.5. The second kappa shape index (κ2) is 14.3. The van der Waals surface area contributed by atoms with Crippen LogP contribution in [-0.2, 0) is 24.9 Å². The van der Waals surface area contributed by atoms with E-state index < -0.39 is 0 Å². The van der Waals surface area contributed by atoms with Crippen molar-refractivity contribution in [1.29, 1.82) is 0 Å². The fourth-order valence-corrected chi connectivity index (χ4v) is 5.62. The molecule has 241 valence electrons. The first-order chi connectivity index (χ1) is 21.6. The molecule has 0 aliphatic rings. The molecule has 0 saturated heterocycles. The van der Waals surface area contributed by atoms with Crippen molar-refractivity contribution in [3.63, 3.8) is 0 Å². The summed E-state index contributed by atoms with van der Waals surface area (Å²) < 4.78 is 6.09. The average molecular weight is 792 g/mol. The van der Waals surface area contributed by atoms with Crippen molar-refractivity contribution < 1.29 is 34.4 Å². The molecule has 6 heteroatoms. The number of benzene rings is 4. The van der Waals surface area contributed by atoms with Crippen molar-refractivity contribution >= 4 is 49.4 Å². The van der Waals surface area contributed by atoms with Crippen LogP contribution in [0.15, 0.2) is 89.3 Å². The quantitative estimate of drug-likeness (QED) is 0.0944. The van der Waals surface area contributed by atoms with Crippen LogP contribution in [0.4, 0.5) is 0 Å². The molecule has 1 radical (unpaired) electrons. The van der Waals surface area contributed by atoms with E-state index in [9.17, 15) is 9.90 Å². The van der Waals surface area contributed by atoms with Gasteiger partial charge in [-0.15, -0.1) is 29.1 Å². The molecular weight excluding hydrogens is 749 g/mol. The molecule has 0 spiro atoms. The second-order valence-electron chi connectivity index (χ2n) is 12.6. The molecule has 46 heavy (non-hydrogen) atoms. The van der Waals surface area contributed by atoms with Crippen molar-refractivity contribution in [3.05, 3.63) is 96.5 Å². The minimum absolute atomic E-state index is 0. The molecule has 1 N–H and O–H groups in total. The van der Waals surface area contributed by atoms with Gasteiger partial charge in [0.15, 0.2) is 5.78 Å². The Morgan fingerprint density at radius 3 is 2.17 bits per heavy atom. The normalized spacial score (nSPS) is 12.3. The van der Waals surface area contributed by atoms with Crippen LogP contribution in [0.2, 0.25) is 0 Å². The summed E-state index contributed by atoms with van der Waals surface area (Å²) in [5, 5.41) is 16.8. The van der Waals surface area contributed by atoms with Crippen LogP contribution in [0.25, 0.3) is 54.9 Å². The zero-order chi connectivity index (χ0) is 32.4. The first-order valence-electron chi connectivity index (χ1n) is 16.0. The Morgan fingerprint density at radius 1 is 0.848 bits per heavy atom. The first kappa shape index (κ1) is 35.0. The van der Waals surface area contributed by atoms with Crippen LogP contribution in [-0.4, -0.2) is 20.9 Å². The summed E-state index contributed by atoms with van der Waals surface area (Å²) in [6.45, 7) is 14.2. The molecule has 0 unspecified atom stereocenters. The summed E-state index contributed by atoms with van der Waals surface area (Å²) in [5.74, 6) is 0.286. The summed E-state index contributed by atoms with van der Waals surface area (Å²) in [5.41, 5.74) is 3.85. The minimum Gasteiger partial charge on any atom is -0.512 e. The smallest absolute Gasteiger partial charge is 0.221 e. The average Bonchev–Trinajstić information content (AvgIpc) is 3.43. The number of rotatable bonds is 8. The Hall–Kier alpha value is -3.86. The number of nitrogens with zero attached hydrogens (tertiary/aromatic N) is 2. The molecule has 0 saturated carbocycles. The maximum absolute atomic E-state index is 12.2. The molecule has 2 heterocycles. The number of carbonyl (C=O) groups is 1. The van der Waals surface area contributed by atoms with E-state index in [1.165, 1.54) is 22.4 Å². The third kappa shape index (κ3) is 6.79. The van der Waals surface area contributed by atoms with Gasteiger partial charge in [-0.1, -0.05) is 95.0 Å². The van der Waals surface area contributed by atoms with E-state index in [4.69, 9.17) is 4.42 Å². The van der Waals surface area contributed by atoms with Crippen LogP contribution in [0.1, 0.15) is 72.8 Å². The van der Waals surface area contributed by atoms with Crippen molar-refractivity contribution in [1.82, 2.24) is 9.97 Å². The number of hydrogen-bond donors (Lipinski definition) is 1. The summed E-state index contributed by atoms with van der Waals surface area (Å²) in [7, 11) is 0. The largest absolute Gasteiger partial charge is 0.512 e. The Labute approximate surface area is 285 Å². The van der Waals surface area contributed by atoms with Gasteiger partial charge >= 0.3 is 0 Å². The molecule has 0 atom stereocenters. The van der Waals surface area contributed by atoms with Gasteiger partial charge in [-0.2, -0.15) is 0 Å². The van der Waals surface area contributed by atoms with E-state index in [2.05, 4.69) is 71.5 Å². The zero-order valence-corrected chi connectivity index (χ0v) is 30.2. The summed E-state index contributed by atoms with van der Waals surface area (Å²) in [4.78, 5) is 21.2. The number of hydrogen-bond acceptors (Lipinski definition) is 5. The molecule has 0 aliphatic carbocycles. The standard InChI is InChI=1S/C25H15N2O.C15H28O2.Ir/c1-15-6-7-18-12-21-22(13-20(18)10-15)28-25-23(21)24(26-14-27-25)19-9-8-16-4-2-3-5-17(16)11-19;1-7-14(5,8-2)12(16)11-13(17)15(6,9-3)10-4;/h2-8,10-14H,1H3;11,16H,7-10H2,1-6H3;/q-1;;/b;12-11-;. The van der Waals surface area contributed by atoms with Gasteiger partial charge < -0.3 is 9.52 Å². The molecule has 0 bridgehead atoms. The Kier molecular flexibility index (Phi) is 10.9. The van der Waals surface area contributed by atoms with E-state index in [1.54, 1.807) is 6.33 Å². The first-order valence-corrected chi connectivity index (χ1v) is 16.0. The molecular formula is C40H43IrN2O3-. The Morgan fingerprint density at radius 2 is 1.50 bits per heavy atom. The number of fused-ring (bicyclic) bond motifs is 5. The van der Waals surface area contributed by atoms with Crippen LogP contribution >= 0.6 is 0 Å². The van der Waals surface area contributed by atoms with Crippen molar-refractivity contribution in [2.45, 2.75) is 74.1 Å². The molecule has 0 amide bonds. The molecule has 2 aromatic heterocycles. The van der Waals surface area contributed by atoms with Crippen LogP contribution < -0.4 is 0 Å². The van der Waals surface area contributed by atoms with Gasteiger partial charge in [0.05, 0.1) is 0 Å². The number of aryl methyl sites for hydroxylation is 1. The number of aromatic nitrogens is 2. The maximum atomic E-state index is 12.2. The SMILES string of the molecule is CCC(C)(CC)C(=O)/C=C(\O)C(C)(CC)CC.Cc1ccc2cc3c(cc2c1)oc1ncnc(-c2[c-]cc4ccccc4c2)c13.[Ir]. The van der Waals surface area contributed by atoms with E-state index >= 15 is 0 Å². The van der Waals surface area contributed by atoms with Crippen molar-refractivity contribution in [2.75, 3.05) is 0 Å². The van der Waals surface area contributed by atoms with Gasteiger partial charge in [-0.25, -0.2) is 4.98 Å². The van der Waals surface area contributed by atoms with Crippen LogP contribution in [0, 0.1) is 23.8 Å². The predicted molar refractivity (Wildman–Crippen MR) is 186 cm³/mol. The Bertz CT molecular complexity index is 2030. The number of aliphatic hydroxyl groups excluding tert-OH is 1. The van der Waals surface area contributed by atoms with Gasteiger partial charge in [0.25, 0.3) is 0 Å². The predicted octanol–water partition coefficient (Wildman–Crippen LogP) is 11.1. The molecule has 0 fully saturated rings. The van der Waals surface area contributed by atoms with Gasteiger partial charge in [0.2, 0.25) is 5.71 Å². The van der Waals surface area contributed by atoms with Gasteiger partial charge in [-0.3, -0.25) is 9.78 Å². The van der Waals surface area contributed by atoms with E-state index in [0.29, 0.717) is 5.71 Å². The number of allylic oxidation sites excluding steroid dienone is 2. The van der Waals surface area contributed by atoms with Crippen molar-refractivity contribution in [2.24, 2.45) is 10.8 Å². The summed E-state index contributed by atoms with van der Waals surface area (Å²) >= 11 is 0. The van der Waals surface area contributed by atoms with Crippen molar-refractivity contribution in [3.8, 4) is 11.3 Å². The molecule has 6 aromatic rings. The third-order valence-electron chi connectivity index (χ3n) is 9.92. The Balaban J connectivity index is 0.000000234. The number of aliphatic hydroxyl groups is 1. The van der Waals surface area contributed by atoms with Gasteiger partial charge in [-0.05, 0) is 55.5 Å². The fraction of sp³-hybridized carbons (Fsp3) is 0.325. The van der Waals surface area contributed by atoms with Crippen LogP contribution in [0.3, 0.4) is 0 Å². The number of carbonyl (C=O) groups excluding carboxylic acids is 1. The molecule has 5 nitrogen and oxygen atoms in total. The third-order valence-corrected chi connectivity index (χ3v) is 9.92. The maximum Gasteiger partial charge on any atom is 0.221 e.